The molecule has 2 N–H and O–H groups in total. The van der Waals surface area contributed by atoms with Crippen LogP contribution in [0.15, 0.2) is 96.9 Å². The molecule has 0 bridgehead atoms. The lowest BCUT2D eigenvalue weighted by Gasteiger charge is -2.28. The number of nitrogens with zero attached hydrogens (tertiary/aromatic N) is 5. The van der Waals surface area contributed by atoms with Gasteiger partial charge in [-0.3, -0.25) is 4.57 Å². The number of para-hydroxylation sites is 1. The molecule has 0 radical (unpaired) electrons. The molecule has 0 spiro atoms. The summed E-state index contributed by atoms with van der Waals surface area (Å²) in [6.07, 6.45) is 5.33. The normalized spacial score (nSPS) is 15.1. The van der Waals surface area contributed by atoms with Crippen molar-refractivity contribution in [2.24, 2.45) is 5.73 Å². The number of ether oxygens (including phenoxy) is 1. The fourth-order valence-corrected chi connectivity index (χ4v) is 4.73. The summed E-state index contributed by atoms with van der Waals surface area (Å²) in [4.78, 5) is 4.26. The maximum Gasteiger partial charge on any atom is 0.205 e. The van der Waals surface area contributed by atoms with Crippen LogP contribution in [0.2, 0.25) is 0 Å². The molecule has 0 aliphatic carbocycles. The number of aromatic nitrogens is 4. The van der Waals surface area contributed by atoms with Crippen LogP contribution in [0.3, 0.4) is 0 Å². The maximum atomic E-state index is 10.2. The van der Waals surface area contributed by atoms with Crippen LogP contribution in [0.5, 0.6) is 5.75 Å². The van der Waals surface area contributed by atoms with Gasteiger partial charge in [0.2, 0.25) is 5.88 Å². The fraction of sp³-hybridized carbons (Fsp3) is 0.0741. The first-order valence-corrected chi connectivity index (χ1v) is 10.9. The van der Waals surface area contributed by atoms with Gasteiger partial charge >= 0.3 is 0 Å². The highest BCUT2D eigenvalue weighted by Crippen LogP contribution is 2.47. The lowest BCUT2D eigenvalue weighted by atomic mass is 9.82. The van der Waals surface area contributed by atoms with E-state index in [1.807, 2.05) is 83.0 Å². The summed E-state index contributed by atoms with van der Waals surface area (Å²) in [6.45, 7) is 1.95. The van der Waals surface area contributed by atoms with Crippen molar-refractivity contribution in [2.75, 3.05) is 0 Å². The Labute approximate surface area is 196 Å². The number of nitrogens with two attached hydrogens (primary N) is 1. The zero-order valence-electron chi connectivity index (χ0n) is 18.4. The highest BCUT2D eigenvalue weighted by molar-refractivity contribution is 5.91. The van der Waals surface area contributed by atoms with E-state index in [2.05, 4.69) is 17.1 Å². The van der Waals surface area contributed by atoms with Crippen LogP contribution in [0.25, 0.3) is 22.3 Å². The lowest BCUT2D eigenvalue weighted by molar-refractivity contribution is 0.398. The Morgan fingerprint density at radius 1 is 1.03 bits per heavy atom. The molecule has 0 saturated carbocycles. The molecule has 3 heterocycles. The second-order valence-electron chi connectivity index (χ2n) is 8.17. The summed E-state index contributed by atoms with van der Waals surface area (Å²) in [7, 11) is 0. The summed E-state index contributed by atoms with van der Waals surface area (Å²) in [6, 6.07) is 24.3. The van der Waals surface area contributed by atoms with Gasteiger partial charge < -0.3 is 10.5 Å². The molecular formula is C27H20N6O. The van der Waals surface area contributed by atoms with Gasteiger partial charge in [-0.05, 0) is 24.4 Å². The van der Waals surface area contributed by atoms with Crippen LogP contribution in [0.4, 0.5) is 0 Å². The lowest BCUT2D eigenvalue weighted by Crippen LogP contribution is -2.22. The van der Waals surface area contributed by atoms with Crippen molar-refractivity contribution in [1.82, 2.24) is 19.3 Å². The van der Waals surface area contributed by atoms with E-state index in [-0.39, 0.29) is 5.88 Å². The highest BCUT2D eigenvalue weighted by Gasteiger charge is 2.36. The number of imidazole rings is 1. The third-order valence-corrected chi connectivity index (χ3v) is 6.23. The average molecular weight is 444 g/mol. The van der Waals surface area contributed by atoms with E-state index in [1.165, 1.54) is 0 Å². The minimum absolute atomic E-state index is 0.111. The monoisotopic (exact) mass is 444 g/mol. The summed E-state index contributed by atoms with van der Waals surface area (Å²) in [5.41, 5.74) is 10.2. The Kier molecular flexibility index (Phi) is 4.46. The largest absolute Gasteiger partial charge is 0.440 e. The predicted molar refractivity (Wildman–Crippen MR) is 129 cm³/mol. The summed E-state index contributed by atoms with van der Waals surface area (Å²) < 4.78 is 9.85. The first-order valence-electron chi connectivity index (χ1n) is 10.9. The second-order valence-corrected chi connectivity index (χ2v) is 8.17. The van der Waals surface area contributed by atoms with Crippen molar-refractivity contribution in [3.8, 4) is 23.3 Å². The average Bonchev–Trinajstić information content (AvgIpc) is 3.51. The van der Waals surface area contributed by atoms with E-state index in [0.29, 0.717) is 11.3 Å². The van der Waals surface area contributed by atoms with Crippen LogP contribution in [-0.4, -0.2) is 19.3 Å². The van der Waals surface area contributed by atoms with Crippen LogP contribution < -0.4 is 10.5 Å². The van der Waals surface area contributed by atoms with E-state index in [4.69, 9.17) is 15.6 Å². The molecule has 7 heteroatoms. The van der Waals surface area contributed by atoms with Gasteiger partial charge in [0.05, 0.1) is 17.3 Å². The van der Waals surface area contributed by atoms with E-state index >= 15 is 0 Å². The second kappa shape index (κ2) is 7.64. The maximum absolute atomic E-state index is 10.2. The van der Waals surface area contributed by atoms with E-state index in [9.17, 15) is 5.26 Å². The van der Waals surface area contributed by atoms with Crippen molar-refractivity contribution < 1.29 is 4.74 Å². The minimum Gasteiger partial charge on any atom is -0.440 e. The van der Waals surface area contributed by atoms with Gasteiger partial charge in [-0.1, -0.05) is 54.6 Å². The molecule has 1 aliphatic rings. The van der Waals surface area contributed by atoms with Crippen LogP contribution in [0, 0.1) is 18.3 Å². The minimum atomic E-state index is -0.451. The Morgan fingerprint density at radius 3 is 2.59 bits per heavy atom. The van der Waals surface area contributed by atoms with E-state index < -0.39 is 5.92 Å². The molecule has 0 fully saturated rings. The standard InChI is InChI=1S/C27H20N6O/c1-17-23(27(32-14-13-30-16-32)33(31-17)19-8-3-2-4-9-19)24-21-12-11-18-7-5-6-10-20(18)25(21)34-26(29)22(24)15-28/h2-14,16,24H,29H2,1H3. The van der Waals surface area contributed by atoms with Crippen molar-refractivity contribution >= 4 is 10.8 Å². The number of benzene rings is 3. The number of hydrogen-bond acceptors (Lipinski definition) is 5. The van der Waals surface area contributed by atoms with Crippen molar-refractivity contribution in [3.05, 3.63) is 114 Å². The first-order chi connectivity index (χ1) is 16.7. The molecule has 1 atom stereocenters. The molecule has 0 amide bonds. The zero-order valence-corrected chi connectivity index (χ0v) is 18.4. The fourth-order valence-electron chi connectivity index (χ4n) is 4.73. The molecule has 3 aromatic carbocycles. The van der Waals surface area contributed by atoms with Crippen LogP contribution in [0.1, 0.15) is 22.7 Å². The summed E-state index contributed by atoms with van der Waals surface area (Å²) >= 11 is 0. The molecule has 6 rings (SSSR count). The smallest absolute Gasteiger partial charge is 0.205 e. The third-order valence-electron chi connectivity index (χ3n) is 6.23. The van der Waals surface area contributed by atoms with Crippen LogP contribution >= 0.6 is 0 Å². The Hall–Kier alpha value is -4.83. The number of nitriles is 1. The number of allylic oxidation sites excluding steroid dienone is 1. The molecule has 1 unspecified atom stereocenters. The molecule has 7 nitrogen and oxygen atoms in total. The molecule has 5 aromatic rings. The van der Waals surface area contributed by atoms with Gasteiger partial charge in [-0.2, -0.15) is 10.4 Å². The van der Waals surface area contributed by atoms with Crippen molar-refractivity contribution in [2.45, 2.75) is 12.8 Å². The van der Waals surface area contributed by atoms with Crippen LogP contribution in [-0.2, 0) is 0 Å². The number of aryl methyl sites for hydroxylation is 1. The van der Waals surface area contributed by atoms with Crippen molar-refractivity contribution in [1.29, 1.82) is 5.26 Å². The molecule has 1 aliphatic heterocycles. The quantitative estimate of drug-likeness (QED) is 0.434. The van der Waals surface area contributed by atoms with Gasteiger partial charge in [0.15, 0.2) is 0 Å². The number of hydrogen-bond donors (Lipinski definition) is 1. The SMILES string of the molecule is Cc1nn(-c2ccccc2)c(-n2ccnc2)c1C1C(C#N)=C(N)Oc2c1ccc1ccccc21. The molecule has 0 saturated heterocycles. The topological polar surface area (TPSA) is 94.7 Å². The van der Waals surface area contributed by atoms with Gasteiger partial charge in [0.25, 0.3) is 0 Å². The third kappa shape index (κ3) is 2.90. The molecule has 164 valence electrons. The first kappa shape index (κ1) is 19.8. The van der Waals surface area contributed by atoms with Gasteiger partial charge in [-0.25, -0.2) is 9.67 Å². The molecule has 2 aromatic heterocycles. The van der Waals surface area contributed by atoms with Gasteiger partial charge in [0, 0.05) is 28.9 Å². The van der Waals surface area contributed by atoms with Crippen molar-refractivity contribution in [3.63, 3.8) is 0 Å². The Morgan fingerprint density at radius 2 is 1.82 bits per heavy atom. The molecule has 34 heavy (non-hydrogen) atoms. The van der Waals surface area contributed by atoms with Gasteiger partial charge in [-0.15, -0.1) is 0 Å². The predicted octanol–water partition coefficient (Wildman–Crippen LogP) is 4.74. The van der Waals surface area contributed by atoms with Gasteiger partial charge in [0.1, 0.15) is 29.5 Å². The Balaban J connectivity index is 1.69. The zero-order chi connectivity index (χ0) is 23.2. The molecular weight excluding hydrogens is 424 g/mol. The number of rotatable bonds is 3. The number of fused-ring (bicyclic) bond motifs is 3. The van der Waals surface area contributed by atoms with E-state index in [1.54, 1.807) is 12.5 Å². The summed E-state index contributed by atoms with van der Waals surface area (Å²) in [5, 5.41) is 17.0. The highest BCUT2D eigenvalue weighted by atomic mass is 16.5. The summed E-state index contributed by atoms with van der Waals surface area (Å²) in [5.74, 6) is 1.13. The van der Waals surface area contributed by atoms with E-state index in [0.717, 1.165) is 39.1 Å². The Bertz CT molecular complexity index is 1610.